The van der Waals surface area contributed by atoms with E-state index in [0.717, 1.165) is 27.4 Å². The number of carbonyl (C=O) groups excluding carboxylic acids is 1. The highest BCUT2D eigenvalue weighted by Crippen LogP contribution is 2.30. The number of carbonyl (C=O) groups is 1. The van der Waals surface area contributed by atoms with Crippen LogP contribution in [0.4, 0.5) is 10.5 Å². The smallest absolute Gasteiger partial charge is 0.410 e. The van der Waals surface area contributed by atoms with Crippen LogP contribution < -0.4 is 9.46 Å². The lowest BCUT2D eigenvalue weighted by Crippen LogP contribution is -2.35. The van der Waals surface area contributed by atoms with E-state index < -0.39 is 22.2 Å². The molecule has 10 heteroatoms. The van der Waals surface area contributed by atoms with E-state index in [9.17, 15) is 18.3 Å². The van der Waals surface area contributed by atoms with E-state index in [1.807, 2.05) is 84.9 Å². The van der Waals surface area contributed by atoms with Crippen molar-refractivity contribution in [3.05, 3.63) is 130 Å². The van der Waals surface area contributed by atoms with Gasteiger partial charge in [-0.2, -0.15) is 0 Å². The van der Waals surface area contributed by atoms with Crippen molar-refractivity contribution >= 4 is 37.7 Å². The molecule has 0 fully saturated rings. The highest BCUT2D eigenvalue weighted by molar-refractivity contribution is 9.10. The number of hydrogen-bond acceptors (Lipinski definition) is 6. The van der Waals surface area contributed by atoms with Crippen molar-refractivity contribution in [1.29, 1.82) is 0 Å². The number of nitrogens with one attached hydrogen (secondary N) is 1. The van der Waals surface area contributed by atoms with Gasteiger partial charge < -0.3 is 19.5 Å². The number of anilines is 1. The normalized spacial score (nSPS) is 11.9. The van der Waals surface area contributed by atoms with E-state index >= 15 is 0 Å². The van der Waals surface area contributed by atoms with Crippen LogP contribution in [-0.4, -0.2) is 43.9 Å². The third kappa shape index (κ3) is 9.90. The number of halogens is 1. The summed E-state index contributed by atoms with van der Waals surface area (Å²) in [5.41, 5.74) is 3.42. The number of hydrogen-bond donors (Lipinski definition) is 2. The first-order chi connectivity index (χ1) is 20.2. The highest BCUT2D eigenvalue weighted by atomic mass is 79.9. The van der Waals surface area contributed by atoms with Crippen LogP contribution in [0.3, 0.4) is 0 Å². The van der Waals surface area contributed by atoms with Crippen molar-refractivity contribution in [1.82, 2.24) is 4.90 Å². The van der Waals surface area contributed by atoms with Gasteiger partial charge in [-0.3, -0.25) is 4.72 Å². The molecule has 0 aliphatic rings. The highest BCUT2D eigenvalue weighted by Gasteiger charge is 2.22. The summed E-state index contributed by atoms with van der Waals surface area (Å²) in [6.45, 7) is 0.562. The summed E-state index contributed by atoms with van der Waals surface area (Å²) in [6, 6.07) is 31.5. The van der Waals surface area contributed by atoms with E-state index in [0.29, 0.717) is 17.7 Å². The van der Waals surface area contributed by atoms with Gasteiger partial charge in [0.25, 0.3) is 0 Å². The number of benzene rings is 4. The van der Waals surface area contributed by atoms with Crippen molar-refractivity contribution in [2.45, 2.75) is 25.7 Å². The van der Waals surface area contributed by atoms with Crippen LogP contribution in [-0.2, 0) is 34.3 Å². The van der Waals surface area contributed by atoms with Gasteiger partial charge in [0.05, 0.1) is 31.2 Å². The second-order valence-electron chi connectivity index (χ2n) is 9.78. The van der Waals surface area contributed by atoms with Gasteiger partial charge >= 0.3 is 6.09 Å². The number of rotatable bonds is 13. The molecule has 4 aromatic rings. The van der Waals surface area contributed by atoms with Crippen LogP contribution in [0.5, 0.6) is 5.75 Å². The average Bonchev–Trinajstić information content (AvgIpc) is 2.97. The molecule has 0 saturated carbocycles. The first kappa shape index (κ1) is 31.1. The van der Waals surface area contributed by atoms with Gasteiger partial charge in [-0.25, -0.2) is 13.2 Å². The minimum absolute atomic E-state index is 0.0749. The molecule has 0 radical (unpaired) electrons. The van der Waals surface area contributed by atoms with Crippen LogP contribution in [0.2, 0.25) is 0 Å². The number of sulfonamides is 1. The molecule has 0 aliphatic carbocycles. The Kier molecular flexibility index (Phi) is 11.0. The van der Waals surface area contributed by atoms with E-state index in [2.05, 4.69) is 20.7 Å². The fraction of sp³-hybridized carbons (Fsp3) is 0.219. The minimum Gasteiger partial charge on any atom is -0.487 e. The SMILES string of the molecule is CS(=O)(=O)Nc1cc([C@@H](O)CN(Cc2ccccc2)C(=O)OCCc2ccc(Br)cc2)ccc1OCc1ccccc1. The quantitative estimate of drug-likeness (QED) is 0.175. The molecule has 2 N–H and O–H groups in total. The molecule has 0 aromatic heterocycles. The van der Waals surface area contributed by atoms with Crippen LogP contribution in [0, 0.1) is 0 Å². The molecule has 8 nitrogen and oxygen atoms in total. The second kappa shape index (κ2) is 14.9. The molecule has 0 spiro atoms. The molecule has 42 heavy (non-hydrogen) atoms. The molecular weight excluding hydrogens is 620 g/mol. The maximum absolute atomic E-state index is 13.2. The number of aliphatic hydroxyl groups is 1. The molecule has 0 bridgehead atoms. The van der Waals surface area contributed by atoms with Gasteiger partial charge in [0.2, 0.25) is 10.0 Å². The zero-order chi connectivity index (χ0) is 30.0. The Morgan fingerprint density at radius 2 is 1.55 bits per heavy atom. The Morgan fingerprint density at radius 1 is 0.905 bits per heavy atom. The zero-order valence-electron chi connectivity index (χ0n) is 23.1. The van der Waals surface area contributed by atoms with Crippen molar-refractivity contribution in [2.24, 2.45) is 0 Å². The van der Waals surface area contributed by atoms with Crippen LogP contribution in [0.1, 0.15) is 28.4 Å². The van der Waals surface area contributed by atoms with Crippen molar-refractivity contribution in [3.63, 3.8) is 0 Å². The Morgan fingerprint density at radius 3 is 2.19 bits per heavy atom. The van der Waals surface area contributed by atoms with Gasteiger partial charge in [-0.15, -0.1) is 0 Å². The first-order valence-electron chi connectivity index (χ1n) is 13.3. The number of ether oxygens (including phenoxy) is 2. The summed E-state index contributed by atoms with van der Waals surface area (Å²) in [7, 11) is -3.64. The predicted molar refractivity (Wildman–Crippen MR) is 167 cm³/mol. The monoisotopic (exact) mass is 652 g/mol. The van der Waals surface area contributed by atoms with Crippen molar-refractivity contribution in [3.8, 4) is 5.75 Å². The third-order valence-electron chi connectivity index (χ3n) is 6.32. The van der Waals surface area contributed by atoms with Gasteiger partial charge in [0.1, 0.15) is 12.4 Å². The van der Waals surface area contributed by atoms with E-state index in [4.69, 9.17) is 9.47 Å². The third-order valence-corrected chi connectivity index (χ3v) is 7.44. The summed E-state index contributed by atoms with van der Waals surface area (Å²) in [5, 5.41) is 11.2. The molecule has 0 saturated heterocycles. The zero-order valence-corrected chi connectivity index (χ0v) is 25.6. The Labute approximate surface area is 255 Å². The summed E-state index contributed by atoms with van der Waals surface area (Å²) in [5.74, 6) is 0.314. The molecule has 0 heterocycles. The lowest BCUT2D eigenvalue weighted by atomic mass is 10.1. The number of nitrogens with zero attached hydrogens (tertiary/aromatic N) is 1. The Bertz CT molecular complexity index is 1550. The first-order valence-corrected chi connectivity index (χ1v) is 16.0. The van der Waals surface area contributed by atoms with Gasteiger partial charge in [0.15, 0.2) is 0 Å². The minimum atomic E-state index is -3.64. The summed E-state index contributed by atoms with van der Waals surface area (Å²) in [6.07, 6.45) is -0.0994. The topological polar surface area (TPSA) is 105 Å². The maximum Gasteiger partial charge on any atom is 0.410 e. The fourth-order valence-electron chi connectivity index (χ4n) is 4.22. The maximum atomic E-state index is 13.2. The summed E-state index contributed by atoms with van der Waals surface area (Å²) < 4.78 is 39.1. The van der Waals surface area contributed by atoms with Crippen LogP contribution >= 0.6 is 15.9 Å². The lowest BCUT2D eigenvalue weighted by Gasteiger charge is -2.25. The number of amides is 1. The second-order valence-corrected chi connectivity index (χ2v) is 12.4. The largest absolute Gasteiger partial charge is 0.487 e. The molecule has 220 valence electrons. The number of aliphatic hydroxyl groups excluding tert-OH is 1. The van der Waals surface area contributed by atoms with Gasteiger partial charge in [0, 0.05) is 17.4 Å². The average molecular weight is 654 g/mol. The Hall–Kier alpha value is -3.86. The summed E-state index contributed by atoms with van der Waals surface area (Å²) in [4.78, 5) is 14.6. The standard InChI is InChI=1S/C32H33BrN2O6S/c1-42(38,39)34-29-20-27(14-17-31(29)41-23-26-10-6-3-7-11-26)30(36)22-35(21-25-8-4-2-5-9-25)32(37)40-19-18-24-12-15-28(33)16-13-24/h2-17,20,30,34,36H,18-19,21-23H2,1H3/t30-/m0/s1. The molecule has 1 amide bonds. The van der Waals surface area contributed by atoms with Crippen molar-refractivity contribution in [2.75, 3.05) is 24.1 Å². The predicted octanol–water partition coefficient (Wildman–Crippen LogP) is 6.31. The van der Waals surface area contributed by atoms with Gasteiger partial charge in [-0.05, 0) is 46.5 Å². The Balaban J connectivity index is 1.49. The van der Waals surface area contributed by atoms with E-state index in [1.165, 1.54) is 11.0 Å². The molecular formula is C32H33BrN2O6S. The molecule has 4 rings (SSSR count). The van der Waals surface area contributed by atoms with Crippen molar-refractivity contribution < 1.29 is 27.8 Å². The molecule has 4 aromatic carbocycles. The summed E-state index contributed by atoms with van der Waals surface area (Å²) >= 11 is 3.41. The molecule has 0 aliphatic heterocycles. The molecule has 0 unspecified atom stereocenters. The fourth-order valence-corrected chi connectivity index (χ4v) is 5.04. The van der Waals surface area contributed by atoms with E-state index in [1.54, 1.807) is 12.1 Å². The van der Waals surface area contributed by atoms with E-state index in [-0.39, 0.29) is 32.0 Å². The molecule has 1 atom stereocenters. The van der Waals surface area contributed by atoms with Crippen LogP contribution in [0.15, 0.2) is 108 Å². The van der Waals surface area contributed by atoms with Gasteiger partial charge in [-0.1, -0.05) is 94.8 Å². The lowest BCUT2D eigenvalue weighted by molar-refractivity contribution is 0.0703. The van der Waals surface area contributed by atoms with Crippen LogP contribution in [0.25, 0.3) is 0 Å².